The number of benzene rings is 1. The van der Waals surface area contributed by atoms with Gasteiger partial charge in [0.1, 0.15) is 0 Å². The van der Waals surface area contributed by atoms with E-state index in [1.807, 2.05) is 11.3 Å². The van der Waals surface area contributed by atoms with Crippen molar-refractivity contribution in [3.05, 3.63) is 34.2 Å². The van der Waals surface area contributed by atoms with E-state index >= 15 is 0 Å². The lowest BCUT2D eigenvalue weighted by Crippen LogP contribution is -2.11. The van der Waals surface area contributed by atoms with Gasteiger partial charge < -0.3 is 10.1 Å². The lowest BCUT2D eigenvalue weighted by atomic mass is 10.1. The fourth-order valence-electron chi connectivity index (χ4n) is 2.00. The van der Waals surface area contributed by atoms with E-state index in [9.17, 15) is 0 Å². The van der Waals surface area contributed by atoms with Gasteiger partial charge in [-0.05, 0) is 24.9 Å². The Balaban J connectivity index is 2.46. The first-order valence-electron chi connectivity index (χ1n) is 5.96. The highest BCUT2D eigenvalue weighted by atomic mass is 32.1. The lowest BCUT2D eigenvalue weighted by Gasteiger charge is -2.04. The summed E-state index contributed by atoms with van der Waals surface area (Å²) in [5, 5.41) is 4.75. The monoisotopic (exact) mass is 249 g/mol. The van der Waals surface area contributed by atoms with Crippen molar-refractivity contribution < 1.29 is 4.74 Å². The van der Waals surface area contributed by atoms with Crippen molar-refractivity contribution in [1.29, 1.82) is 0 Å². The summed E-state index contributed by atoms with van der Waals surface area (Å²) >= 11 is 1.87. The Kier molecular flexibility index (Phi) is 4.15. The summed E-state index contributed by atoms with van der Waals surface area (Å²) < 4.78 is 6.69. The number of nitrogens with one attached hydrogen (secondary N) is 1. The van der Waals surface area contributed by atoms with Crippen LogP contribution in [-0.4, -0.2) is 13.7 Å². The van der Waals surface area contributed by atoms with Crippen molar-refractivity contribution in [2.75, 3.05) is 13.7 Å². The van der Waals surface area contributed by atoms with Crippen LogP contribution < -0.4 is 5.32 Å². The van der Waals surface area contributed by atoms with Gasteiger partial charge in [0.15, 0.2) is 0 Å². The molecular weight excluding hydrogens is 230 g/mol. The van der Waals surface area contributed by atoms with Crippen molar-refractivity contribution in [3.8, 4) is 0 Å². The molecule has 0 bridgehead atoms. The number of hydrogen-bond acceptors (Lipinski definition) is 3. The molecule has 92 valence electrons. The average molecular weight is 249 g/mol. The summed E-state index contributed by atoms with van der Waals surface area (Å²) in [5.41, 5.74) is 2.65. The summed E-state index contributed by atoms with van der Waals surface area (Å²) in [7, 11) is 1.76. The SMILES string of the molecule is CCNCc1sc2ccc(C)cc2c1COC. The van der Waals surface area contributed by atoms with Crippen LogP contribution in [0.1, 0.15) is 22.9 Å². The third kappa shape index (κ3) is 2.68. The number of fused-ring (bicyclic) bond motifs is 1. The molecular formula is C14H19NOS. The Bertz CT molecular complexity index is 504. The first-order chi connectivity index (χ1) is 8.26. The van der Waals surface area contributed by atoms with Gasteiger partial charge in [-0.2, -0.15) is 0 Å². The number of ether oxygens (including phenoxy) is 1. The molecule has 0 saturated carbocycles. The van der Waals surface area contributed by atoms with Crippen molar-refractivity contribution >= 4 is 21.4 Å². The third-order valence-electron chi connectivity index (χ3n) is 2.85. The van der Waals surface area contributed by atoms with E-state index in [4.69, 9.17) is 4.74 Å². The van der Waals surface area contributed by atoms with Crippen LogP contribution in [0.25, 0.3) is 10.1 Å². The third-order valence-corrected chi connectivity index (χ3v) is 4.07. The predicted molar refractivity (Wildman–Crippen MR) is 74.7 cm³/mol. The summed E-state index contributed by atoms with van der Waals surface area (Å²) in [6, 6.07) is 6.64. The molecule has 1 aromatic carbocycles. The van der Waals surface area contributed by atoms with E-state index < -0.39 is 0 Å². The van der Waals surface area contributed by atoms with Gasteiger partial charge in [0, 0.05) is 28.8 Å². The Hall–Kier alpha value is -0.900. The highest BCUT2D eigenvalue weighted by Gasteiger charge is 2.11. The van der Waals surface area contributed by atoms with Crippen LogP contribution in [0.15, 0.2) is 18.2 Å². The molecule has 0 radical (unpaired) electrons. The number of hydrogen-bond donors (Lipinski definition) is 1. The molecule has 0 saturated heterocycles. The minimum absolute atomic E-state index is 0.699. The Morgan fingerprint density at radius 1 is 1.35 bits per heavy atom. The molecule has 2 rings (SSSR count). The Morgan fingerprint density at radius 3 is 2.88 bits per heavy atom. The summed E-state index contributed by atoms with van der Waals surface area (Å²) in [6.07, 6.45) is 0. The van der Waals surface area contributed by atoms with E-state index in [1.165, 1.54) is 26.1 Å². The molecule has 1 aromatic heterocycles. The number of rotatable bonds is 5. The average Bonchev–Trinajstić information content (AvgIpc) is 2.65. The predicted octanol–water partition coefficient (Wildman–Crippen LogP) is 3.47. The molecule has 0 aliphatic heterocycles. The maximum atomic E-state index is 5.33. The molecule has 0 unspecified atom stereocenters. The Morgan fingerprint density at radius 2 is 2.18 bits per heavy atom. The second kappa shape index (κ2) is 5.63. The minimum atomic E-state index is 0.699. The minimum Gasteiger partial charge on any atom is -0.380 e. The molecule has 0 amide bonds. The quantitative estimate of drug-likeness (QED) is 0.876. The molecule has 2 nitrogen and oxygen atoms in total. The molecule has 0 aliphatic rings. The van der Waals surface area contributed by atoms with Crippen molar-refractivity contribution in [2.24, 2.45) is 0 Å². The smallest absolute Gasteiger partial charge is 0.0730 e. The van der Waals surface area contributed by atoms with Crippen LogP contribution in [0, 0.1) is 6.92 Å². The van der Waals surface area contributed by atoms with Gasteiger partial charge >= 0.3 is 0 Å². The van der Waals surface area contributed by atoms with Gasteiger partial charge in [-0.15, -0.1) is 11.3 Å². The van der Waals surface area contributed by atoms with Gasteiger partial charge in [0.05, 0.1) is 6.61 Å². The molecule has 0 spiro atoms. The molecule has 1 heterocycles. The highest BCUT2D eigenvalue weighted by Crippen LogP contribution is 2.32. The molecule has 3 heteroatoms. The van der Waals surface area contributed by atoms with Gasteiger partial charge in [0.25, 0.3) is 0 Å². The van der Waals surface area contributed by atoms with Crippen LogP contribution in [0.5, 0.6) is 0 Å². The number of thiophene rings is 1. The van der Waals surface area contributed by atoms with Gasteiger partial charge in [-0.1, -0.05) is 24.6 Å². The topological polar surface area (TPSA) is 21.3 Å². The summed E-state index contributed by atoms with van der Waals surface area (Å²) in [6.45, 7) is 6.91. The van der Waals surface area contributed by atoms with Crippen LogP contribution in [0.3, 0.4) is 0 Å². The normalized spacial score (nSPS) is 11.2. The van der Waals surface area contributed by atoms with E-state index in [0.717, 1.165) is 13.1 Å². The first kappa shape index (κ1) is 12.6. The number of methoxy groups -OCH3 is 1. The zero-order chi connectivity index (χ0) is 12.3. The lowest BCUT2D eigenvalue weighted by molar-refractivity contribution is 0.185. The summed E-state index contributed by atoms with van der Waals surface area (Å²) in [5.74, 6) is 0. The first-order valence-corrected chi connectivity index (χ1v) is 6.78. The van der Waals surface area contributed by atoms with Crippen LogP contribution >= 0.6 is 11.3 Å². The largest absolute Gasteiger partial charge is 0.380 e. The molecule has 17 heavy (non-hydrogen) atoms. The second-order valence-corrected chi connectivity index (χ2v) is 5.35. The van der Waals surface area contributed by atoms with Crippen LogP contribution in [0.4, 0.5) is 0 Å². The maximum Gasteiger partial charge on any atom is 0.0730 e. The molecule has 2 aromatic rings. The van der Waals surface area contributed by atoms with Gasteiger partial charge in [-0.3, -0.25) is 0 Å². The standard InChI is InChI=1S/C14H19NOS/c1-4-15-8-14-12(9-16-3)11-7-10(2)5-6-13(11)17-14/h5-7,15H,4,8-9H2,1-3H3. The van der Waals surface area contributed by atoms with E-state index in [0.29, 0.717) is 6.61 Å². The van der Waals surface area contributed by atoms with Crippen molar-refractivity contribution in [2.45, 2.75) is 27.0 Å². The highest BCUT2D eigenvalue weighted by molar-refractivity contribution is 7.19. The molecule has 1 N–H and O–H groups in total. The second-order valence-electron chi connectivity index (χ2n) is 4.22. The zero-order valence-corrected chi connectivity index (χ0v) is 11.5. The van der Waals surface area contributed by atoms with Crippen molar-refractivity contribution in [1.82, 2.24) is 5.32 Å². The van der Waals surface area contributed by atoms with E-state index in [2.05, 4.69) is 37.4 Å². The molecule has 0 aliphatic carbocycles. The van der Waals surface area contributed by atoms with Gasteiger partial charge in [-0.25, -0.2) is 0 Å². The molecule has 0 fully saturated rings. The summed E-state index contributed by atoms with van der Waals surface area (Å²) in [4.78, 5) is 1.40. The fourth-order valence-corrected chi connectivity index (χ4v) is 3.16. The fraction of sp³-hybridized carbons (Fsp3) is 0.429. The van der Waals surface area contributed by atoms with Crippen LogP contribution in [-0.2, 0) is 17.9 Å². The van der Waals surface area contributed by atoms with Crippen LogP contribution in [0.2, 0.25) is 0 Å². The van der Waals surface area contributed by atoms with E-state index in [-0.39, 0.29) is 0 Å². The van der Waals surface area contributed by atoms with Gasteiger partial charge in [0.2, 0.25) is 0 Å². The van der Waals surface area contributed by atoms with E-state index in [1.54, 1.807) is 7.11 Å². The molecule has 0 atom stereocenters. The maximum absolute atomic E-state index is 5.33. The Labute approximate surface area is 107 Å². The number of aryl methyl sites for hydroxylation is 1. The zero-order valence-electron chi connectivity index (χ0n) is 10.7. The van der Waals surface area contributed by atoms with Crippen molar-refractivity contribution in [3.63, 3.8) is 0 Å².